The molecule has 0 aromatic heterocycles. The molecule has 0 radical (unpaired) electrons. The highest BCUT2D eigenvalue weighted by atomic mass is 32.2. The molecule has 2 aromatic carbocycles. The van der Waals surface area contributed by atoms with Crippen molar-refractivity contribution in [3.63, 3.8) is 0 Å². The molecular weight excluding hydrogens is 272 g/mol. The van der Waals surface area contributed by atoms with Gasteiger partial charge in [0.25, 0.3) is 10.0 Å². The van der Waals surface area contributed by atoms with Crippen LogP contribution in [0.3, 0.4) is 0 Å². The first-order chi connectivity index (χ1) is 9.47. The molecule has 2 rings (SSSR count). The van der Waals surface area contributed by atoms with Crippen LogP contribution in [0.15, 0.2) is 58.5 Å². The smallest absolute Gasteiger partial charge is 0.200 e. The number of aryl methyl sites for hydroxylation is 2. The Morgan fingerprint density at radius 2 is 1.70 bits per heavy atom. The summed E-state index contributed by atoms with van der Waals surface area (Å²) in [6.45, 7) is 3.87. The molecule has 0 aliphatic rings. The van der Waals surface area contributed by atoms with Gasteiger partial charge in [-0.2, -0.15) is 13.5 Å². The summed E-state index contributed by atoms with van der Waals surface area (Å²) in [6.07, 6.45) is 1.48. The molecule has 0 unspecified atom stereocenters. The molecule has 2 aromatic rings. The SMILES string of the molecule is Cc1ccc(S(=O)(=O)N/N=C/c2cccc(C)c2)cc1. The van der Waals surface area contributed by atoms with Crippen LogP contribution in [0.1, 0.15) is 16.7 Å². The number of hydrogen-bond acceptors (Lipinski definition) is 3. The minimum absolute atomic E-state index is 0.199. The zero-order valence-electron chi connectivity index (χ0n) is 11.4. The molecule has 0 bridgehead atoms. The Morgan fingerprint density at radius 1 is 1.00 bits per heavy atom. The summed E-state index contributed by atoms with van der Waals surface area (Å²) < 4.78 is 24.0. The standard InChI is InChI=1S/C15H16N2O2S/c1-12-6-8-15(9-7-12)20(18,19)17-16-11-14-5-3-4-13(2)10-14/h3-11,17H,1-2H3/b16-11+. The molecule has 1 N–H and O–H groups in total. The Labute approximate surface area is 119 Å². The Bertz CT molecular complexity index is 720. The summed E-state index contributed by atoms with van der Waals surface area (Å²) in [5, 5.41) is 3.79. The van der Waals surface area contributed by atoms with E-state index in [0.717, 1.165) is 16.7 Å². The van der Waals surface area contributed by atoms with Crippen LogP contribution in [0.2, 0.25) is 0 Å². The highest BCUT2D eigenvalue weighted by Gasteiger charge is 2.11. The van der Waals surface area contributed by atoms with Gasteiger partial charge in [0.2, 0.25) is 0 Å². The molecule has 20 heavy (non-hydrogen) atoms. The monoisotopic (exact) mass is 288 g/mol. The van der Waals surface area contributed by atoms with Crippen molar-refractivity contribution in [2.45, 2.75) is 18.7 Å². The van der Waals surface area contributed by atoms with Gasteiger partial charge in [0.15, 0.2) is 0 Å². The number of rotatable bonds is 4. The predicted molar refractivity (Wildman–Crippen MR) is 80.3 cm³/mol. The number of nitrogens with zero attached hydrogens (tertiary/aromatic N) is 1. The van der Waals surface area contributed by atoms with Crippen LogP contribution in [0.4, 0.5) is 0 Å². The molecule has 4 nitrogen and oxygen atoms in total. The predicted octanol–water partition coefficient (Wildman–Crippen LogP) is 2.62. The molecule has 0 saturated carbocycles. The first-order valence-corrected chi connectivity index (χ1v) is 7.64. The van der Waals surface area contributed by atoms with Crippen LogP contribution < -0.4 is 4.83 Å². The van der Waals surface area contributed by atoms with Gasteiger partial charge in [-0.3, -0.25) is 0 Å². The Morgan fingerprint density at radius 3 is 2.35 bits per heavy atom. The quantitative estimate of drug-likeness (QED) is 0.694. The van der Waals surface area contributed by atoms with E-state index in [1.54, 1.807) is 24.3 Å². The van der Waals surface area contributed by atoms with E-state index in [4.69, 9.17) is 0 Å². The van der Waals surface area contributed by atoms with Crippen molar-refractivity contribution >= 4 is 16.2 Å². The molecule has 0 heterocycles. The van der Waals surface area contributed by atoms with Gasteiger partial charge in [0, 0.05) is 0 Å². The molecule has 5 heteroatoms. The molecule has 0 aliphatic heterocycles. The minimum atomic E-state index is -3.61. The van der Waals surface area contributed by atoms with E-state index in [0.29, 0.717) is 0 Å². The number of hydrazone groups is 1. The van der Waals surface area contributed by atoms with Crippen LogP contribution in [0, 0.1) is 13.8 Å². The largest absolute Gasteiger partial charge is 0.276 e. The maximum Gasteiger partial charge on any atom is 0.276 e. The van der Waals surface area contributed by atoms with Gasteiger partial charge >= 0.3 is 0 Å². The maximum absolute atomic E-state index is 12.0. The zero-order valence-corrected chi connectivity index (χ0v) is 12.2. The van der Waals surface area contributed by atoms with E-state index in [1.165, 1.54) is 6.21 Å². The van der Waals surface area contributed by atoms with Gasteiger partial charge < -0.3 is 0 Å². The van der Waals surface area contributed by atoms with Crippen molar-refractivity contribution in [3.05, 3.63) is 65.2 Å². The first kappa shape index (κ1) is 14.3. The minimum Gasteiger partial charge on any atom is -0.200 e. The molecule has 0 fully saturated rings. The van der Waals surface area contributed by atoms with Crippen molar-refractivity contribution in [1.29, 1.82) is 0 Å². The number of nitrogens with one attached hydrogen (secondary N) is 1. The lowest BCUT2D eigenvalue weighted by molar-refractivity contribution is 0.584. The summed E-state index contributed by atoms with van der Waals surface area (Å²) in [5.74, 6) is 0. The molecule has 0 spiro atoms. The normalized spacial score (nSPS) is 11.7. The topological polar surface area (TPSA) is 58.5 Å². The maximum atomic E-state index is 12.0. The number of sulfonamides is 1. The van der Waals surface area contributed by atoms with Gasteiger partial charge in [-0.1, -0.05) is 47.5 Å². The van der Waals surface area contributed by atoms with Crippen LogP contribution >= 0.6 is 0 Å². The van der Waals surface area contributed by atoms with E-state index >= 15 is 0 Å². The lowest BCUT2D eigenvalue weighted by Gasteiger charge is -2.03. The Balaban J connectivity index is 2.11. The van der Waals surface area contributed by atoms with Crippen molar-refractivity contribution in [2.75, 3.05) is 0 Å². The van der Waals surface area contributed by atoms with Crippen LogP contribution in [-0.2, 0) is 10.0 Å². The second kappa shape index (κ2) is 5.88. The molecule has 0 atom stereocenters. The number of hydrogen-bond donors (Lipinski definition) is 1. The van der Waals surface area contributed by atoms with Gasteiger partial charge in [-0.25, -0.2) is 4.83 Å². The van der Waals surface area contributed by atoms with E-state index in [2.05, 4.69) is 9.93 Å². The van der Waals surface area contributed by atoms with Crippen molar-refractivity contribution in [3.8, 4) is 0 Å². The van der Waals surface area contributed by atoms with E-state index in [1.807, 2.05) is 38.1 Å². The molecular formula is C15H16N2O2S. The summed E-state index contributed by atoms with van der Waals surface area (Å²) >= 11 is 0. The van der Waals surface area contributed by atoms with E-state index < -0.39 is 10.0 Å². The first-order valence-electron chi connectivity index (χ1n) is 6.15. The lowest BCUT2D eigenvalue weighted by atomic mass is 10.2. The van der Waals surface area contributed by atoms with Crippen molar-refractivity contribution < 1.29 is 8.42 Å². The molecule has 0 aliphatic carbocycles. The Hall–Kier alpha value is -2.14. The lowest BCUT2D eigenvalue weighted by Crippen LogP contribution is -2.18. The molecule has 104 valence electrons. The van der Waals surface area contributed by atoms with E-state index in [-0.39, 0.29) is 4.90 Å². The molecule has 0 saturated heterocycles. The van der Waals surface area contributed by atoms with Crippen LogP contribution in [0.5, 0.6) is 0 Å². The highest BCUT2D eigenvalue weighted by molar-refractivity contribution is 7.89. The van der Waals surface area contributed by atoms with Crippen molar-refractivity contribution in [1.82, 2.24) is 4.83 Å². The highest BCUT2D eigenvalue weighted by Crippen LogP contribution is 2.09. The van der Waals surface area contributed by atoms with E-state index in [9.17, 15) is 8.42 Å². The Kier molecular flexibility index (Phi) is 4.20. The average Bonchev–Trinajstić information content (AvgIpc) is 2.39. The molecule has 0 amide bonds. The second-order valence-corrected chi connectivity index (χ2v) is 6.24. The van der Waals surface area contributed by atoms with Gasteiger partial charge in [0.05, 0.1) is 11.1 Å². The zero-order chi connectivity index (χ0) is 14.6. The third kappa shape index (κ3) is 3.68. The van der Waals surface area contributed by atoms with Crippen LogP contribution in [0.25, 0.3) is 0 Å². The summed E-state index contributed by atoms with van der Waals surface area (Å²) in [6, 6.07) is 14.2. The summed E-state index contributed by atoms with van der Waals surface area (Å²) in [5.41, 5.74) is 2.94. The average molecular weight is 288 g/mol. The van der Waals surface area contributed by atoms with Gasteiger partial charge in [0.1, 0.15) is 0 Å². The van der Waals surface area contributed by atoms with Gasteiger partial charge in [-0.15, -0.1) is 0 Å². The third-order valence-corrected chi connectivity index (χ3v) is 4.00. The third-order valence-electron chi connectivity index (χ3n) is 2.76. The van der Waals surface area contributed by atoms with Crippen molar-refractivity contribution in [2.24, 2.45) is 5.10 Å². The van der Waals surface area contributed by atoms with Crippen LogP contribution in [-0.4, -0.2) is 14.6 Å². The summed E-state index contributed by atoms with van der Waals surface area (Å²) in [7, 11) is -3.61. The second-order valence-electron chi connectivity index (χ2n) is 4.58. The fourth-order valence-corrected chi connectivity index (χ4v) is 2.48. The summed E-state index contributed by atoms with van der Waals surface area (Å²) in [4.78, 5) is 2.40. The van der Waals surface area contributed by atoms with Gasteiger partial charge in [-0.05, 0) is 31.5 Å². The fourth-order valence-electron chi connectivity index (χ4n) is 1.69. The number of benzene rings is 2. The fraction of sp³-hybridized carbons (Fsp3) is 0.133.